The monoisotopic (exact) mass is 398 g/mol. The van der Waals surface area contributed by atoms with Crippen molar-refractivity contribution in [3.05, 3.63) is 12.2 Å². The first-order chi connectivity index (χ1) is 12.7. The molecule has 1 saturated heterocycles. The lowest BCUT2D eigenvalue weighted by molar-refractivity contribution is -0.336. The fraction of sp³-hybridized carbons (Fsp3) is 0.864. The first kappa shape index (κ1) is 23.3. The number of aliphatic hydroxyl groups is 2. The highest BCUT2D eigenvalue weighted by atomic mass is 16.7. The number of carbonyl (C=O) groups excluding carboxylic acids is 1. The zero-order valence-electron chi connectivity index (χ0n) is 18.6. The van der Waals surface area contributed by atoms with Gasteiger partial charge in [0.1, 0.15) is 5.60 Å². The summed E-state index contributed by atoms with van der Waals surface area (Å²) in [4.78, 5) is 12.4. The molecule has 0 radical (unpaired) electrons. The molecule has 2 rings (SSSR count). The normalized spacial score (nSPS) is 38.5. The minimum Gasteiger partial charge on any atom is -0.431 e. The molecule has 0 spiro atoms. The minimum absolute atomic E-state index is 0.0536. The average molecular weight is 399 g/mol. The van der Waals surface area contributed by atoms with E-state index in [1.807, 2.05) is 54.5 Å². The van der Waals surface area contributed by atoms with Gasteiger partial charge in [-0.05, 0) is 38.0 Å². The summed E-state index contributed by atoms with van der Waals surface area (Å²) in [5.74, 6) is -1.83. The SMILES string of the molecule is CCC1(C(C)C)O[C@](C)(CCC(C)(C)C2OC(C)(C)C=C[C@@H]2O)OC(=O)[C@@H]1O. The zero-order valence-corrected chi connectivity index (χ0v) is 18.6. The molecular formula is C22H38O6. The van der Waals surface area contributed by atoms with Crippen LogP contribution in [0, 0.1) is 11.3 Å². The molecule has 0 saturated carbocycles. The predicted molar refractivity (Wildman–Crippen MR) is 107 cm³/mol. The second-order valence-corrected chi connectivity index (χ2v) is 10.0. The van der Waals surface area contributed by atoms with Crippen molar-refractivity contribution in [3.8, 4) is 0 Å². The summed E-state index contributed by atoms with van der Waals surface area (Å²) < 4.78 is 17.9. The Balaban J connectivity index is 2.18. The molecule has 0 bridgehead atoms. The number of rotatable bonds is 6. The van der Waals surface area contributed by atoms with E-state index in [1.165, 1.54) is 0 Å². The van der Waals surface area contributed by atoms with Crippen LogP contribution in [0.2, 0.25) is 0 Å². The smallest absolute Gasteiger partial charge is 0.340 e. The van der Waals surface area contributed by atoms with Crippen LogP contribution in [0.1, 0.15) is 74.7 Å². The van der Waals surface area contributed by atoms with Crippen LogP contribution >= 0.6 is 0 Å². The Morgan fingerprint density at radius 3 is 2.36 bits per heavy atom. The van der Waals surface area contributed by atoms with Gasteiger partial charge in [-0.25, -0.2) is 4.79 Å². The van der Waals surface area contributed by atoms with E-state index in [2.05, 4.69) is 0 Å². The van der Waals surface area contributed by atoms with Gasteiger partial charge in [-0.2, -0.15) is 0 Å². The summed E-state index contributed by atoms with van der Waals surface area (Å²) in [6.45, 7) is 15.5. The van der Waals surface area contributed by atoms with Gasteiger partial charge in [0.2, 0.25) is 5.79 Å². The Labute approximate surface area is 169 Å². The van der Waals surface area contributed by atoms with Crippen molar-refractivity contribution in [1.29, 1.82) is 0 Å². The Hall–Kier alpha value is -0.950. The Morgan fingerprint density at radius 1 is 1.21 bits per heavy atom. The molecule has 2 heterocycles. The van der Waals surface area contributed by atoms with Gasteiger partial charge in [0.25, 0.3) is 0 Å². The minimum atomic E-state index is -1.30. The van der Waals surface area contributed by atoms with Gasteiger partial charge in [0, 0.05) is 13.3 Å². The molecule has 2 unspecified atom stereocenters. The zero-order chi connectivity index (χ0) is 21.5. The van der Waals surface area contributed by atoms with Gasteiger partial charge in [-0.1, -0.05) is 46.8 Å². The van der Waals surface area contributed by atoms with Crippen molar-refractivity contribution in [2.75, 3.05) is 0 Å². The highest BCUT2D eigenvalue weighted by Crippen LogP contribution is 2.44. The van der Waals surface area contributed by atoms with E-state index in [9.17, 15) is 15.0 Å². The summed E-state index contributed by atoms with van der Waals surface area (Å²) in [5, 5.41) is 20.9. The van der Waals surface area contributed by atoms with Crippen LogP contribution in [-0.2, 0) is 19.0 Å². The summed E-state index contributed by atoms with van der Waals surface area (Å²) in [6.07, 6.45) is 2.82. The summed E-state index contributed by atoms with van der Waals surface area (Å²) in [7, 11) is 0. The Kier molecular flexibility index (Phi) is 6.42. The van der Waals surface area contributed by atoms with Crippen molar-refractivity contribution >= 4 is 5.97 Å². The van der Waals surface area contributed by atoms with Crippen molar-refractivity contribution in [2.45, 2.75) is 110 Å². The molecule has 0 aliphatic carbocycles. The van der Waals surface area contributed by atoms with E-state index in [0.29, 0.717) is 19.3 Å². The summed E-state index contributed by atoms with van der Waals surface area (Å²) in [6, 6.07) is 0. The lowest BCUT2D eigenvalue weighted by Gasteiger charge is -2.51. The van der Waals surface area contributed by atoms with E-state index in [-0.39, 0.29) is 17.4 Å². The molecule has 1 fully saturated rings. The van der Waals surface area contributed by atoms with Crippen LogP contribution in [0.4, 0.5) is 0 Å². The third kappa shape index (κ3) is 4.45. The molecule has 5 atom stereocenters. The molecule has 2 aliphatic heterocycles. The van der Waals surface area contributed by atoms with Crippen LogP contribution in [0.5, 0.6) is 0 Å². The molecule has 0 aromatic heterocycles. The number of carbonyl (C=O) groups is 1. The number of aliphatic hydroxyl groups excluding tert-OH is 2. The second-order valence-electron chi connectivity index (χ2n) is 10.0. The van der Waals surface area contributed by atoms with Crippen LogP contribution in [0.3, 0.4) is 0 Å². The highest BCUT2D eigenvalue weighted by molar-refractivity contribution is 5.77. The van der Waals surface area contributed by atoms with Gasteiger partial charge in [0.15, 0.2) is 6.10 Å². The standard InChI is InChI=1S/C22H38O6/c1-9-22(14(2)3)16(24)18(25)27-21(8,28-22)13-12-19(4,5)17-15(23)10-11-20(6,7)26-17/h10-11,14-17,23-24H,9,12-13H2,1-8H3/t15-,16-,17?,21+,22?/m0/s1. The predicted octanol–water partition coefficient (Wildman–Crippen LogP) is 3.34. The third-order valence-electron chi connectivity index (χ3n) is 6.37. The van der Waals surface area contributed by atoms with Crippen LogP contribution in [0.15, 0.2) is 12.2 Å². The molecule has 28 heavy (non-hydrogen) atoms. The van der Waals surface area contributed by atoms with Gasteiger partial charge < -0.3 is 24.4 Å². The fourth-order valence-electron chi connectivity index (χ4n) is 4.34. The average Bonchev–Trinajstić information content (AvgIpc) is 2.58. The molecule has 6 heteroatoms. The first-order valence-electron chi connectivity index (χ1n) is 10.3. The maximum Gasteiger partial charge on any atom is 0.340 e. The second kappa shape index (κ2) is 7.71. The van der Waals surface area contributed by atoms with Gasteiger partial charge in [0.05, 0.1) is 17.8 Å². The topological polar surface area (TPSA) is 85.2 Å². The quantitative estimate of drug-likeness (QED) is 0.527. The van der Waals surface area contributed by atoms with E-state index in [1.54, 1.807) is 13.0 Å². The molecule has 6 nitrogen and oxygen atoms in total. The van der Waals surface area contributed by atoms with E-state index < -0.39 is 35.2 Å². The first-order valence-corrected chi connectivity index (χ1v) is 10.3. The molecule has 2 N–H and O–H groups in total. The van der Waals surface area contributed by atoms with Crippen molar-refractivity contribution in [1.82, 2.24) is 0 Å². The van der Waals surface area contributed by atoms with Crippen LogP contribution < -0.4 is 0 Å². The maximum absolute atomic E-state index is 12.4. The number of esters is 1. The molecular weight excluding hydrogens is 360 g/mol. The van der Waals surface area contributed by atoms with Gasteiger partial charge in [-0.15, -0.1) is 0 Å². The van der Waals surface area contributed by atoms with Gasteiger partial charge >= 0.3 is 5.97 Å². The summed E-state index contributed by atoms with van der Waals surface area (Å²) >= 11 is 0. The largest absolute Gasteiger partial charge is 0.431 e. The lowest BCUT2D eigenvalue weighted by atomic mass is 9.76. The van der Waals surface area contributed by atoms with E-state index in [0.717, 1.165) is 0 Å². The number of hydrogen-bond acceptors (Lipinski definition) is 6. The molecule has 0 aromatic rings. The lowest BCUT2D eigenvalue weighted by Crippen LogP contribution is -2.63. The number of hydrogen-bond donors (Lipinski definition) is 2. The molecule has 162 valence electrons. The third-order valence-corrected chi connectivity index (χ3v) is 6.37. The number of ether oxygens (including phenoxy) is 3. The van der Waals surface area contributed by atoms with Crippen LogP contribution in [0.25, 0.3) is 0 Å². The fourth-order valence-corrected chi connectivity index (χ4v) is 4.34. The highest BCUT2D eigenvalue weighted by Gasteiger charge is 2.56. The van der Waals surface area contributed by atoms with E-state index in [4.69, 9.17) is 14.2 Å². The molecule has 0 amide bonds. The molecule has 0 aromatic carbocycles. The van der Waals surface area contributed by atoms with Gasteiger partial charge in [-0.3, -0.25) is 0 Å². The van der Waals surface area contributed by atoms with Crippen molar-refractivity contribution < 1.29 is 29.2 Å². The van der Waals surface area contributed by atoms with E-state index >= 15 is 0 Å². The number of cyclic esters (lactones) is 1. The summed E-state index contributed by atoms with van der Waals surface area (Å²) in [5.41, 5.74) is -1.80. The van der Waals surface area contributed by atoms with Crippen LogP contribution in [-0.4, -0.2) is 51.5 Å². The Bertz CT molecular complexity index is 610. The van der Waals surface area contributed by atoms with Crippen molar-refractivity contribution in [3.63, 3.8) is 0 Å². The molecule has 2 aliphatic rings. The maximum atomic E-state index is 12.4. The van der Waals surface area contributed by atoms with Crippen molar-refractivity contribution in [2.24, 2.45) is 11.3 Å². The Morgan fingerprint density at radius 2 is 1.82 bits per heavy atom.